The Labute approximate surface area is 207 Å². The van der Waals surface area contributed by atoms with Gasteiger partial charge in [0.15, 0.2) is 11.5 Å². The summed E-state index contributed by atoms with van der Waals surface area (Å²) in [5, 5.41) is 58.8. The number of aliphatic hydroxyl groups is 5. The Bertz CT molecular complexity index is 904. The van der Waals surface area contributed by atoms with Gasteiger partial charge in [-0.15, -0.1) is 0 Å². The van der Waals surface area contributed by atoms with E-state index in [0.717, 1.165) is 6.92 Å². The van der Waals surface area contributed by atoms with Crippen molar-refractivity contribution in [3.8, 4) is 17.2 Å². The van der Waals surface area contributed by atoms with Crippen LogP contribution in [-0.4, -0.2) is 106 Å². The van der Waals surface area contributed by atoms with Crippen molar-refractivity contribution in [2.45, 2.75) is 56.1 Å². The zero-order valence-electron chi connectivity index (χ0n) is 20.1. The molecule has 1 aromatic rings. The van der Waals surface area contributed by atoms with Gasteiger partial charge in [-0.05, 0) is 24.6 Å². The van der Waals surface area contributed by atoms with Crippen LogP contribution in [0.2, 0.25) is 0 Å². The summed E-state index contributed by atoms with van der Waals surface area (Å²) < 4.78 is 26.9. The Morgan fingerprint density at radius 1 is 1.06 bits per heavy atom. The van der Waals surface area contributed by atoms with Gasteiger partial charge in [0.05, 0.1) is 39.3 Å². The van der Waals surface area contributed by atoms with Gasteiger partial charge >= 0.3 is 11.9 Å². The molecular weight excluding hydrogens is 484 g/mol. The number of esters is 1. The number of carboxylic acids is 1. The number of methoxy groups -OCH3 is 2. The number of benzene rings is 1. The molecule has 36 heavy (non-hydrogen) atoms. The minimum Gasteiger partial charge on any atom is -0.493 e. The minimum absolute atomic E-state index is 0.00857. The fraction of sp³-hybridized carbons (Fsp3) is 0.565. The molecule has 0 aromatic heterocycles. The number of hydrogen-bond acceptors (Lipinski definition) is 12. The van der Waals surface area contributed by atoms with E-state index in [1.165, 1.54) is 20.3 Å². The van der Waals surface area contributed by atoms with E-state index in [2.05, 4.69) is 0 Å². The van der Waals surface area contributed by atoms with Gasteiger partial charge in [0.2, 0.25) is 12.0 Å². The first kappa shape index (κ1) is 29.3. The maximum Gasteiger partial charge on any atom is 0.308 e. The Kier molecular flexibility index (Phi) is 10.5. The number of ether oxygens (including phenoxy) is 5. The van der Waals surface area contributed by atoms with Crippen molar-refractivity contribution in [3.63, 3.8) is 0 Å². The second-order valence-electron chi connectivity index (χ2n) is 8.40. The highest BCUT2D eigenvalue weighted by molar-refractivity contribution is 5.73. The van der Waals surface area contributed by atoms with Gasteiger partial charge in [-0.1, -0.05) is 12.2 Å². The normalized spacial score (nSPS) is 25.7. The number of hydrogen-bond donors (Lipinski definition) is 6. The third kappa shape index (κ3) is 7.78. The maximum atomic E-state index is 12.1. The summed E-state index contributed by atoms with van der Waals surface area (Å²) in [5.41, 5.74) is -1.25. The van der Waals surface area contributed by atoms with Gasteiger partial charge in [0.1, 0.15) is 31.0 Å². The molecule has 0 saturated carbocycles. The predicted octanol–water partition coefficient (Wildman–Crippen LogP) is -0.945. The number of aliphatic carboxylic acids is 1. The molecule has 1 saturated heterocycles. The van der Waals surface area contributed by atoms with Crippen molar-refractivity contribution in [2.24, 2.45) is 0 Å². The lowest BCUT2D eigenvalue weighted by Crippen LogP contribution is -2.60. The van der Waals surface area contributed by atoms with E-state index < -0.39 is 67.7 Å². The fourth-order valence-corrected chi connectivity index (χ4v) is 3.49. The third-order valence-electron chi connectivity index (χ3n) is 5.27. The van der Waals surface area contributed by atoms with Crippen LogP contribution in [0.1, 0.15) is 25.3 Å². The average molecular weight is 516 g/mol. The second kappa shape index (κ2) is 12.9. The van der Waals surface area contributed by atoms with Crippen molar-refractivity contribution >= 4 is 18.0 Å². The first-order valence-corrected chi connectivity index (χ1v) is 10.9. The summed E-state index contributed by atoms with van der Waals surface area (Å²) in [4.78, 5) is 22.9. The van der Waals surface area contributed by atoms with Crippen molar-refractivity contribution in [2.75, 3.05) is 27.4 Å². The van der Waals surface area contributed by atoms with Crippen molar-refractivity contribution in [1.29, 1.82) is 0 Å². The summed E-state index contributed by atoms with van der Waals surface area (Å²) in [7, 11) is 2.72. The quantitative estimate of drug-likeness (QED) is 0.186. The topological polar surface area (TPSA) is 202 Å². The molecule has 2 rings (SSSR count). The van der Waals surface area contributed by atoms with Crippen LogP contribution < -0.4 is 14.2 Å². The molecule has 1 fully saturated rings. The lowest BCUT2D eigenvalue weighted by molar-refractivity contribution is -0.279. The molecule has 6 atom stereocenters. The monoisotopic (exact) mass is 516 g/mol. The van der Waals surface area contributed by atoms with E-state index in [4.69, 9.17) is 33.9 Å². The van der Waals surface area contributed by atoms with Crippen LogP contribution in [0.5, 0.6) is 17.2 Å². The number of carbonyl (C=O) groups excluding carboxylic acids is 1. The summed E-state index contributed by atoms with van der Waals surface area (Å²) >= 11 is 0. The molecule has 13 heteroatoms. The second-order valence-corrected chi connectivity index (χ2v) is 8.40. The molecule has 0 bridgehead atoms. The molecule has 0 radical (unpaired) electrons. The molecule has 1 aromatic carbocycles. The van der Waals surface area contributed by atoms with Crippen LogP contribution in [0.3, 0.4) is 0 Å². The fourth-order valence-electron chi connectivity index (χ4n) is 3.49. The van der Waals surface area contributed by atoms with Crippen LogP contribution in [0.15, 0.2) is 18.2 Å². The molecule has 0 aliphatic carbocycles. The summed E-state index contributed by atoms with van der Waals surface area (Å²) in [6.07, 6.45) is -6.25. The van der Waals surface area contributed by atoms with Gasteiger partial charge in [0.25, 0.3) is 0 Å². The van der Waals surface area contributed by atoms with Crippen LogP contribution in [0, 0.1) is 0 Å². The first-order valence-electron chi connectivity index (χ1n) is 10.9. The van der Waals surface area contributed by atoms with Gasteiger partial charge in [-0.3, -0.25) is 9.59 Å². The van der Waals surface area contributed by atoms with E-state index >= 15 is 0 Å². The lowest BCUT2D eigenvalue weighted by Gasteiger charge is -2.40. The molecule has 1 unspecified atom stereocenters. The molecular formula is C23H32O13. The highest BCUT2D eigenvalue weighted by Crippen LogP contribution is 2.41. The van der Waals surface area contributed by atoms with Crippen LogP contribution >= 0.6 is 0 Å². The van der Waals surface area contributed by atoms with Crippen LogP contribution in [0.25, 0.3) is 6.08 Å². The van der Waals surface area contributed by atoms with Gasteiger partial charge in [0, 0.05) is 0 Å². The zero-order valence-corrected chi connectivity index (χ0v) is 20.1. The molecule has 1 heterocycles. The average Bonchev–Trinajstić information content (AvgIpc) is 2.81. The Balaban J connectivity index is 2.17. The third-order valence-corrected chi connectivity index (χ3v) is 5.27. The standard InChI is InChI=1S/C23H32O13/c1-23(31,9-16(25)26)10-17(27)34-11-15-18(28)19(29)20(30)22(35-15)36-21-13(32-2)7-12(5-4-6-24)8-14(21)33-3/h4-5,7-8,15,18-20,22,24,28-31H,6,9-11H2,1-3H3,(H,25,26)/b5-4+/t15-,18-,19+,20-,22+,23?/m1/s1. The minimum atomic E-state index is -1.86. The van der Waals surface area contributed by atoms with Crippen molar-refractivity contribution in [3.05, 3.63) is 23.8 Å². The first-order chi connectivity index (χ1) is 16.9. The summed E-state index contributed by atoms with van der Waals surface area (Å²) in [5.74, 6) is -1.92. The lowest BCUT2D eigenvalue weighted by atomic mass is 9.98. The molecule has 6 N–H and O–H groups in total. The Morgan fingerprint density at radius 2 is 1.67 bits per heavy atom. The molecule has 202 valence electrons. The number of carboxylic acid groups (broad SMARTS) is 1. The highest BCUT2D eigenvalue weighted by Gasteiger charge is 2.46. The van der Waals surface area contributed by atoms with E-state index in [1.807, 2.05) is 0 Å². The van der Waals surface area contributed by atoms with Crippen LogP contribution in [-0.2, 0) is 19.1 Å². The SMILES string of the molecule is COc1cc(/C=C/CO)cc(OC)c1O[C@@H]1O[C@H](COC(=O)CC(C)(O)CC(=O)O)[C@@H](O)[C@H](O)[C@H]1O. The van der Waals surface area contributed by atoms with Crippen molar-refractivity contribution < 1.29 is 63.9 Å². The zero-order chi connectivity index (χ0) is 27.0. The van der Waals surface area contributed by atoms with E-state index in [9.17, 15) is 30.0 Å². The van der Waals surface area contributed by atoms with Gasteiger partial charge < -0.3 is 54.3 Å². The van der Waals surface area contributed by atoms with E-state index in [0.29, 0.717) is 5.56 Å². The van der Waals surface area contributed by atoms with Crippen molar-refractivity contribution in [1.82, 2.24) is 0 Å². The van der Waals surface area contributed by atoms with E-state index in [1.54, 1.807) is 18.2 Å². The predicted molar refractivity (Wildman–Crippen MR) is 121 cm³/mol. The molecule has 0 spiro atoms. The Hall–Kier alpha value is -2.94. The van der Waals surface area contributed by atoms with Crippen LogP contribution in [0.4, 0.5) is 0 Å². The maximum absolute atomic E-state index is 12.1. The highest BCUT2D eigenvalue weighted by atomic mass is 16.7. The van der Waals surface area contributed by atoms with Gasteiger partial charge in [-0.2, -0.15) is 0 Å². The smallest absolute Gasteiger partial charge is 0.308 e. The van der Waals surface area contributed by atoms with E-state index in [-0.39, 0.29) is 23.9 Å². The number of aliphatic hydroxyl groups excluding tert-OH is 4. The number of carbonyl (C=O) groups is 2. The molecule has 1 aliphatic heterocycles. The Morgan fingerprint density at radius 3 is 2.19 bits per heavy atom. The molecule has 1 aliphatic rings. The van der Waals surface area contributed by atoms with Gasteiger partial charge in [-0.25, -0.2) is 0 Å². The molecule has 13 nitrogen and oxygen atoms in total. The number of rotatable bonds is 12. The molecule has 0 amide bonds. The summed E-state index contributed by atoms with van der Waals surface area (Å²) in [6, 6.07) is 3.12. The summed E-state index contributed by atoms with van der Waals surface area (Å²) in [6.45, 7) is 0.379. The largest absolute Gasteiger partial charge is 0.493 e.